The van der Waals surface area contributed by atoms with Crippen molar-refractivity contribution in [2.45, 2.75) is 6.92 Å². The zero-order valence-corrected chi connectivity index (χ0v) is 17.5. The number of aromatic nitrogens is 4. The second kappa shape index (κ2) is 9.52. The Hall–Kier alpha value is -4.53. The molecule has 0 saturated carbocycles. The number of carbonyl (C=O) groups is 1. The van der Waals surface area contributed by atoms with Gasteiger partial charge in [0.2, 0.25) is 5.95 Å². The van der Waals surface area contributed by atoms with Gasteiger partial charge in [-0.3, -0.25) is 10.3 Å². The number of hydrogen-bond donors (Lipinski definition) is 3. The minimum Gasteiger partial charge on any atom is -0.495 e. The number of pyridine rings is 2. The number of ether oxygens (including phenoxy) is 1. The van der Waals surface area contributed by atoms with Crippen molar-refractivity contribution in [1.82, 2.24) is 19.9 Å². The predicted octanol–water partition coefficient (Wildman–Crippen LogP) is 4.64. The minimum absolute atomic E-state index is 0.387. The van der Waals surface area contributed by atoms with Gasteiger partial charge in [-0.25, -0.2) is 19.7 Å². The summed E-state index contributed by atoms with van der Waals surface area (Å²) in [7, 11) is 1.59. The summed E-state index contributed by atoms with van der Waals surface area (Å²) in [6.07, 6.45) is 6.63. The van der Waals surface area contributed by atoms with E-state index in [-0.39, 0.29) is 6.03 Å². The lowest BCUT2D eigenvalue weighted by Gasteiger charge is -2.12. The van der Waals surface area contributed by atoms with Crippen LogP contribution in [0.15, 0.2) is 73.3 Å². The molecule has 0 aliphatic carbocycles. The van der Waals surface area contributed by atoms with E-state index in [1.54, 1.807) is 56.2 Å². The van der Waals surface area contributed by atoms with E-state index in [9.17, 15) is 4.79 Å². The lowest BCUT2D eigenvalue weighted by Crippen LogP contribution is -2.20. The molecule has 1 aromatic carbocycles. The number of amides is 2. The molecule has 9 heteroatoms. The predicted molar refractivity (Wildman–Crippen MR) is 123 cm³/mol. The second-order valence-electron chi connectivity index (χ2n) is 6.83. The molecule has 4 aromatic rings. The molecule has 4 rings (SSSR count). The van der Waals surface area contributed by atoms with Crippen LogP contribution in [0.2, 0.25) is 0 Å². The summed E-state index contributed by atoms with van der Waals surface area (Å²) < 4.78 is 5.24. The van der Waals surface area contributed by atoms with Gasteiger partial charge in [0.1, 0.15) is 11.6 Å². The highest BCUT2D eigenvalue weighted by Crippen LogP contribution is 2.25. The van der Waals surface area contributed by atoms with Gasteiger partial charge in [0.05, 0.1) is 19.0 Å². The number of hydrogen-bond acceptors (Lipinski definition) is 7. The molecule has 0 unspecified atom stereocenters. The number of aryl methyl sites for hydroxylation is 1. The number of nitrogens with zero attached hydrogens (tertiary/aromatic N) is 4. The molecule has 0 bridgehead atoms. The van der Waals surface area contributed by atoms with Crippen LogP contribution in [0.1, 0.15) is 5.56 Å². The van der Waals surface area contributed by atoms with Crippen molar-refractivity contribution in [1.29, 1.82) is 0 Å². The summed E-state index contributed by atoms with van der Waals surface area (Å²) in [6, 6.07) is 14.1. The lowest BCUT2D eigenvalue weighted by atomic mass is 10.2. The number of methoxy groups -OCH3 is 1. The molecule has 2 amide bonds. The molecule has 0 radical (unpaired) electrons. The maximum atomic E-state index is 12.3. The Labute approximate surface area is 185 Å². The van der Waals surface area contributed by atoms with Crippen LogP contribution in [0.5, 0.6) is 5.75 Å². The normalized spacial score (nSPS) is 10.3. The maximum Gasteiger partial charge on any atom is 0.324 e. The zero-order chi connectivity index (χ0) is 22.3. The molecule has 0 spiro atoms. The summed E-state index contributed by atoms with van der Waals surface area (Å²) in [5, 5.41) is 8.70. The molecule has 9 nitrogen and oxygen atoms in total. The quantitative estimate of drug-likeness (QED) is 0.411. The van der Waals surface area contributed by atoms with Gasteiger partial charge in [0.25, 0.3) is 0 Å². The van der Waals surface area contributed by atoms with E-state index >= 15 is 0 Å². The fourth-order valence-corrected chi connectivity index (χ4v) is 2.92. The molecular weight excluding hydrogens is 406 g/mol. The van der Waals surface area contributed by atoms with Gasteiger partial charge in [-0.05, 0) is 48.9 Å². The molecule has 3 N–H and O–H groups in total. The van der Waals surface area contributed by atoms with Gasteiger partial charge in [-0.15, -0.1) is 0 Å². The first-order valence-corrected chi connectivity index (χ1v) is 9.80. The fourth-order valence-electron chi connectivity index (χ4n) is 2.92. The fraction of sp³-hybridized carbons (Fsp3) is 0.0870. The molecule has 3 heterocycles. The van der Waals surface area contributed by atoms with Gasteiger partial charge in [0.15, 0.2) is 0 Å². The highest BCUT2D eigenvalue weighted by atomic mass is 16.5. The number of anilines is 4. The first-order valence-electron chi connectivity index (χ1n) is 9.80. The van der Waals surface area contributed by atoms with Crippen LogP contribution in [-0.4, -0.2) is 33.1 Å². The molecule has 0 atom stereocenters. The van der Waals surface area contributed by atoms with Crippen LogP contribution in [0.4, 0.5) is 27.9 Å². The van der Waals surface area contributed by atoms with Crippen molar-refractivity contribution in [2.75, 3.05) is 23.1 Å². The largest absolute Gasteiger partial charge is 0.495 e. The Kier molecular flexibility index (Phi) is 6.17. The van der Waals surface area contributed by atoms with Crippen LogP contribution in [-0.2, 0) is 0 Å². The third kappa shape index (κ3) is 5.14. The molecule has 0 saturated heterocycles. The van der Waals surface area contributed by atoms with Gasteiger partial charge < -0.3 is 15.4 Å². The van der Waals surface area contributed by atoms with Crippen molar-refractivity contribution in [3.05, 3.63) is 78.9 Å². The van der Waals surface area contributed by atoms with Crippen LogP contribution < -0.4 is 20.7 Å². The van der Waals surface area contributed by atoms with Crippen molar-refractivity contribution >= 4 is 29.2 Å². The Balaban J connectivity index is 1.50. The summed E-state index contributed by atoms with van der Waals surface area (Å²) in [4.78, 5) is 29.4. The van der Waals surface area contributed by atoms with Crippen molar-refractivity contribution in [3.8, 4) is 17.0 Å². The van der Waals surface area contributed by atoms with E-state index in [2.05, 4.69) is 35.9 Å². The highest BCUT2D eigenvalue weighted by molar-refractivity contribution is 5.99. The molecule has 0 aliphatic rings. The summed E-state index contributed by atoms with van der Waals surface area (Å²) in [6.45, 7) is 1.95. The number of rotatable bonds is 6. The van der Waals surface area contributed by atoms with Gasteiger partial charge in [-0.2, -0.15) is 0 Å². The Morgan fingerprint density at radius 3 is 2.69 bits per heavy atom. The number of benzene rings is 1. The Morgan fingerprint density at radius 2 is 1.88 bits per heavy atom. The Bertz CT molecular complexity index is 1230. The molecular formula is C23H21N7O2. The van der Waals surface area contributed by atoms with E-state index < -0.39 is 0 Å². The first kappa shape index (κ1) is 20.7. The summed E-state index contributed by atoms with van der Waals surface area (Å²) in [5.74, 6) is 1.53. The molecule has 160 valence electrons. The average Bonchev–Trinajstić information content (AvgIpc) is 2.82. The van der Waals surface area contributed by atoms with Crippen LogP contribution in [0.3, 0.4) is 0 Å². The minimum atomic E-state index is -0.387. The topological polar surface area (TPSA) is 114 Å². The molecule has 32 heavy (non-hydrogen) atoms. The van der Waals surface area contributed by atoms with Crippen molar-refractivity contribution in [2.24, 2.45) is 0 Å². The Morgan fingerprint density at radius 1 is 0.969 bits per heavy atom. The molecule has 0 aliphatic heterocycles. The standard InChI is InChI=1S/C23H21N7O2/c1-15-6-7-17(27-23(31)30-21-5-3-4-9-25-21)12-20(15)29-22-26-10-8-19(28-22)16-11-18(32-2)14-24-13-16/h3-14H,1-2H3,(H,26,28,29)(H2,25,27,30,31). The number of urea groups is 1. The van der Waals surface area contributed by atoms with E-state index in [0.29, 0.717) is 28.9 Å². The summed E-state index contributed by atoms with van der Waals surface area (Å²) >= 11 is 0. The molecule has 3 aromatic heterocycles. The van der Waals surface area contributed by atoms with Crippen molar-refractivity contribution < 1.29 is 9.53 Å². The third-order valence-electron chi connectivity index (χ3n) is 4.55. The van der Waals surface area contributed by atoms with E-state index in [0.717, 1.165) is 16.8 Å². The van der Waals surface area contributed by atoms with Gasteiger partial charge in [-0.1, -0.05) is 12.1 Å². The number of carbonyl (C=O) groups excluding carboxylic acids is 1. The van der Waals surface area contributed by atoms with E-state index in [1.165, 1.54) is 0 Å². The first-order chi connectivity index (χ1) is 15.6. The highest BCUT2D eigenvalue weighted by Gasteiger charge is 2.09. The van der Waals surface area contributed by atoms with Gasteiger partial charge in [0, 0.05) is 35.5 Å². The van der Waals surface area contributed by atoms with Gasteiger partial charge >= 0.3 is 6.03 Å². The lowest BCUT2D eigenvalue weighted by molar-refractivity contribution is 0.262. The SMILES string of the molecule is COc1cncc(-c2ccnc(Nc3cc(NC(=O)Nc4ccccn4)ccc3C)n2)c1. The van der Waals surface area contributed by atoms with Crippen LogP contribution in [0, 0.1) is 6.92 Å². The van der Waals surface area contributed by atoms with Crippen LogP contribution >= 0.6 is 0 Å². The average molecular weight is 427 g/mol. The van der Waals surface area contributed by atoms with E-state index in [1.807, 2.05) is 31.2 Å². The van der Waals surface area contributed by atoms with Crippen molar-refractivity contribution in [3.63, 3.8) is 0 Å². The smallest absolute Gasteiger partial charge is 0.324 e. The molecule has 0 fully saturated rings. The van der Waals surface area contributed by atoms with Crippen LogP contribution in [0.25, 0.3) is 11.3 Å². The third-order valence-corrected chi connectivity index (χ3v) is 4.55. The zero-order valence-electron chi connectivity index (χ0n) is 17.5. The maximum absolute atomic E-state index is 12.3. The van der Waals surface area contributed by atoms with E-state index in [4.69, 9.17) is 4.74 Å². The monoisotopic (exact) mass is 427 g/mol. The number of nitrogens with one attached hydrogen (secondary N) is 3. The summed E-state index contributed by atoms with van der Waals surface area (Å²) in [5.41, 5.74) is 3.86. The second-order valence-corrected chi connectivity index (χ2v) is 6.83.